The summed E-state index contributed by atoms with van der Waals surface area (Å²) in [5, 5.41) is 11.6. The standard InChI is InChI=1S/C11H16N2O2S/c1-3-16-7-9-6-8(11(12)13-14)4-5-10(9)15-2/h4-6,14H,3,7H2,1-2H3,(H2,12,13). The summed E-state index contributed by atoms with van der Waals surface area (Å²) in [6.07, 6.45) is 0. The number of hydrogen-bond donors (Lipinski definition) is 2. The second-order valence-corrected chi connectivity index (χ2v) is 4.42. The number of methoxy groups -OCH3 is 1. The first-order valence-electron chi connectivity index (χ1n) is 4.95. The van der Waals surface area contributed by atoms with Crippen LogP contribution in [0.1, 0.15) is 18.1 Å². The van der Waals surface area contributed by atoms with Gasteiger partial charge in [0, 0.05) is 16.9 Å². The van der Waals surface area contributed by atoms with E-state index in [0.29, 0.717) is 5.56 Å². The van der Waals surface area contributed by atoms with Crippen LogP contribution in [0.2, 0.25) is 0 Å². The third-order valence-electron chi connectivity index (χ3n) is 2.15. The maximum atomic E-state index is 8.61. The van der Waals surface area contributed by atoms with Crippen molar-refractivity contribution in [2.75, 3.05) is 12.9 Å². The van der Waals surface area contributed by atoms with E-state index < -0.39 is 0 Å². The summed E-state index contributed by atoms with van der Waals surface area (Å²) in [7, 11) is 1.64. The Bertz CT molecular complexity index is 380. The van der Waals surface area contributed by atoms with Crippen molar-refractivity contribution in [1.82, 2.24) is 0 Å². The molecule has 0 amide bonds. The number of nitrogens with zero attached hydrogens (tertiary/aromatic N) is 1. The van der Waals surface area contributed by atoms with Crippen LogP contribution in [-0.2, 0) is 5.75 Å². The number of amidine groups is 1. The fourth-order valence-electron chi connectivity index (χ4n) is 1.32. The molecule has 0 fully saturated rings. The molecule has 1 rings (SSSR count). The molecular formula is C11H16N2O2S. The van der Waals surface area contributed by atoms with Gasteiger partial charge in [0.25, 0.3) is 0 Å². The average Bonchev–Trinajstić information content (AvgIpc) is 2.34. The first-order valence-corrected chi connectivity index (χ1v) is 6.11. The Kier molecular flexibility index (Phi) is 4.98. The van der Waals surface area contributed by atoms with Crippen LogP contribution in [0.4, 0.5) is 0 Å². The van der Waals surface area contributed by atoms with E-state index in [2.05, 4.69) is 12.1 Å². The highest BCUT2D eigenvalue weighted by molar-refractivity contribution is 7.98. The fraction of sp³-hybridized carbons (Fsp3) is 0.364. The van der Waals surface area contributed by atoms with Gasteiger partial charge >= 0.3 is 0 Å². The summed E-state index contributed by atoms with van der Waals surface area (Å²) in [6.45, 7) is 2.10. The van der Waals surface area contributed by atoms with E-state index in [9.17, 15) is 0 Å². The molecule has 5 heteroatoms. The lowest BCUT2D eigenvalue weighted by molar-refractivity contribution is 0.318. The normalized spacial score (nSPS) is 11.5. The van der Waals surface area contributed by atoms with Crippen LogP contribution < -0.4 is 10.5 Å². The van der Waals surface area contributed by atoms with Crippen molar-refractivity contribution >= 4 is 17.6 Å². The molecule has 16 heavy (non-hydrogen) atoms. The van der Waals surface area contributed by atoms with Crippen LogP contribution >= 0.6 is 11.8 Å². The van der Waals surface area contributed by atoms with Crippen molar-refractivity contribution in [3.05, 3.63) is 29.3 Å². The Morgan fingerprint density at radius 3 is 2.88 bits per heavy atom. The van der Waals surface area contributed by atoms with Crippen LogP contribution in [0, 0.1) is 0 Å². The molecule has 0 unspecified atom stereocenters. The van der Waals surface area contributed by atoms with Crippen molar-refractivity contribution in [1.29, 1.82) is 0 Å². The number of rotatable bonds is 5. The zero-order chi connectivity index (χ0) is 12.0. The first-order chi connectivity index (χ1) is 7.72. The van der Waals surface area contributed by atoms with Crippen molar-refractivity contribution in [2.45, 2.75) is 12.7 Å². The predicted molar refractivity (Wildman–Crippen MR) is 67.3 cm³/mol. The van der Waals surface area contributed by atoms with Crippen LogP contribution in [0.25, 0.3) is 0 Å². The van der Waals surface area contributed by atoms with Gasteiger partial charge in [0.15, 0.2) is 5.84 Å². The Labute approximate surface area is 99.5 Å². The molecule has 0 atom stereocenters. The van der Waals surface area contributed by atoms with Gasteiger partial charge in [-0.2, -0.15) is 11.8 Å². The highest BCUT2D eigenvalue weighted by Crippen LogP contribution is 2.24. The largest absolute Gasteiger partial charge is 0.496 e. The van der Waals surface area contributed by atoms with Crippen molar-refractivity contribution < 1.29 is 9.94 Å². The molecule has 1 aromatic rings. The van der Waals surface area contributed by atoms with E-state index in [1.807, 2.05) is 12.1 Å². The summed E-state index contributed by atoms with van der Waals surface area (Å²) in [4.78, 5) is 0. The lowest BCUT2D eigenvalue weighted by Gasteiger charge is -2.09. The number of thioether (sulfide) groups is 1. The molecule has 0 saturated carbocycles. The number of ether oxygens (including phenoxy) is 1. The van der Waals surface area contributed by atoms with Gasteiger partial charge < -0.3 is 15.7 Å². The van der Waals surface area contributed by atoms with Crippen molar-refractivity contribution in [3.63, 3.8) is 0 Å². The van der Waals surface area contributed by atoms with E-state index in [1.54, 1.807) is 24.9 Å². The van der Waals surface area contributed by atoms with E-state index >= 15 is 0 Å². The highest BCUT2D eigenvalue weighted by Gasteiger charge is 2.06. The predicted octanol–water partition coefficient (Wildman–Crippen LogP) is 2.04. The number of hydrogen-bond acceptors (Lipinski definition) is 4. The van der Waals surface area contributed by atoms with E-state index in [0.717, 1.165) is 22.8 Å². The molecule has 0 aliphatic heterocycles. The zero-order valence-electron chi connectivity index (χ0n) is 9.43. The molecule has 4 nitrogen and oxygen atoms in total. The van der Waals surface area contributed by atoms with Gasteiger partial charge in [-0.05, 0) is 24.0 Å². The van der Waals surface area contributed by atoms with Crippen LogP contribution in [0.3, 0.4) is 0 Å². The van der Waals surface area contributed by atoms with Gasteiger partial charge in [-0.1, -0.05) is 12.1 Å². The molecule has 88 valence electrons. The third-order valence-corrected chi connectivity index (χ3v) is 3.07. The smallest absolute Gasteiger partial charge is 0.170 e. The average molecular weight is 240 g/mol. The number of oxime groups is 1. The topological polar surface area (TPSA) is 67.8 Å². The van der Waals surface area contributed by atoms with Gasteiger partial charge in [0.2, 0.25) is 0 Å². The molecule has 1 aromatic carbocycles. The molecule has 0 aromatic heterocycles. The maximum absolute atomic E-state index is 8.61. The second kappa shape index (κ2) is 6.27. The van der Waals surface area contributed by atoms with Crippen LogP contribution in [0.5, 0.6) is 5.75 Å². The molecule has 0 spiro atoms. The van der Waals surface area contributed by atoms with Gasteiger partial charge in [-0.15, -0.1) is 0 Å². The van der Waals surface area contributed by atoms with Crippen molar-refractivity contribution in [2.24, 2.45) is 10.9 Å². The Morgan fingerprint density at radius 2 is 2.31 bits per heavy atom. The highest BCUT2D eigenvalue weighted by atomic mass is 32.2. The lowest BCUT2D eigenvalue weighted by Crippen LogP contribution is -2.13. The third kappa shape index (κ3) is 3.06. The van der Waals surface area contributed by atoms with Gasteiger partial charge in [-0.3, -0.25) is 0 Å². The fourth-order valence-corrected chi connectivity index (χ4v) is 1.97. The van der Waals surface area contributed by atoms with Gasteiger partial charge in [0.05, 0.1) is 7.11 Å². The summed E-state index contributed by atoms with van der Waals surface area (Å²) < 4.78 is 5.25. The van der Waals surface area contributed by atoms with Gasteiger partial charge in [-0.25, -0.2) is 0 Å². The molecule has 0 radical (unpaired) electrons. The quantitative estimate of drug-likeness (QED) is 0.358. The number of benzene rings is 1. The molecule has 0 saturated heterocycles. The maximum Gasteiger partial charge on any atom is 0.170 e. The molecule has 0 bridgehead atoms. The summed E-state index contributed by atoms with van der Waals surface area (Å²) in [5.41, 5.74) is 7.29. The summed E-state index contributed by atoms with van der Waals surface area (Å²) in [5.74, 6) is 2.84. The lowest BCUT2D eigenvalue weighted by atomic mass is 10.1. The van der Waals surface area contributed by atoms with E-state index in [1.165, 1.54) is 0 Å². The van der Waals surface area contributed by atoms with Gasteiger partial charge in [0.1, 0.15) is 5.75 Å². The Morgan fingerprint density at radius 1 is 1.56 bits per heavy atom. The molecule has 0 aliphatic carbocycles. The molecule has 0 heterocycles. The summed E-state index contributed by atoms with van der Waals surface area (Å²) in [6, 6.07) is 5.49. The van der Waals surface area contributed by atoms with Crippen molar-refractivity contribution in [3.8, 4) is 5.75 Å². The zero-order valence-corrected chi connectivity index (χ0v) is 10.3. The van der Waals surface area contributed by atoms with E-state index in [-0.39, 0.29) is 5.84 Å². The number of nitrogens with two attached hydrogens (primary N) is 1. The SMILES string of the molecule is CCSCc1cc(/C(N)=N/O)ccc1OC. The first kappa shape index (κ1) is 12.7. The minimum atomic E-state index is 0.116. The molecule has 0 aliphatic rings. The second-order valence-electron chi connectivity index (χ2n) is 3.15. The molecule has 3 N–H and O–H groups in total. The monoisotopic (exact) mass is 240 g/mol. The minimum Gasteiger partial charge on any atom is -0.496 e. The summed E-state index contributed by atoms with van der Waals surface area (Å²) >= 11 is 1.80. The Hall–Kier alpha value is -1.36. The minimum absolute atomic E-state index is 0.116. The van der Waals surface area contributed by atoms with Crippen LogP contribution in [0.15, 0.2) is 23.4 Å². The molecular weight excluding hydrogens is 224 g/mol. The Balaban J connectivity index is 3.01. The van der Waals surface area contributed by atoms with Crippen LogP contribution in [-0.4, -0.2) is 23.9 Å². The van der Waals surface area contributed by atoms with E-state index in [4.69, 9.17) is 15.7 Å².